The van der Waals surface area contributed by atoms with Gasteiger partial charge in [0.05, 0.1) is 5.92 Å². The highest BCUT2D eigenvalue weighted by atomic mass is 19.3. The topological polar surface area (TPSA) is 46.5 Å². The fourth-order valence-corrected chi connectivity index (χ4v) is 1.91. The molecule has 1 fully saturated rings. The highest BCUT2D eigenvalue weighted by Crippen LogP contribution is 2.48. The van der Waals surface area contributed by atoms with Crippen LogP contribution in [0.3, 0.4) is 0 Å². The van der Waals surface area contributed by atoms with Gasteiger partial charge in [-0.2, -0.15) is 8.78 Å². The van der Waals surface area contributed by atoms with E-state index in [9.17, 15) is 13.6 Å². The molecule has 92 valence electrons. The molecule has 0 spiro atoms. The van der Waals surface area contributed by atoms with E-state index in [0.29, 0.717) is 12.0 Å². The molecule has 0 aromatic heterocycles. The number of aliphatic carboxylic acids is 1. The molecule has 0 bridgehead atoms. The van der Waals surface area contributed by atoms with Crippen molar-refractivity contribution in [2.75, 3.05) is 0 Å². The molecule has 2 atom stereocenters. The second kappa shape index (κ2) is 4.31. The van der Waals surface area contributed by atoms with E-state index in [1.165, 1.54) is 6.07 Å². The van der Waals surface area contributed by atoms with Crippen molar-refractivity contribution >= 4 is 5.97 Å². The van der Waals surface area contributed by atoms with Crippen LogP contribution in [0.4, 0.5) is 8.78 Å². The molecule has 1 aromatic rings. The number of halogens is 2. The van der Waals surface area contributed by atoms with Crippen LogP contribution in [0.15, 0.2) is 18.2 Å². The van der Waals surface area contributed by atoms with E-state index < -0.39 is 18.5 Å². The molecule has 2 unspecified atom stereocenters. The Morgan fingerprint density at radius 1 is 1.53 bits per heavy atom. The number of ether oxygens (including phenoxy) is 1. The number of rotatable bonds is 4. The van der Waals surface area contributed by atoms with E-state index in [1.54, 1.807) is 19.1 Å². The summed E-state index contributed by atoms with van der Waals surface area (Å²) in [7, 11) is 0. The van der Waals surface area contributed by atoms with E-state index >= 15 is 0 Å². The third kappa shape index (κ3) is 2.54. The van der Waals surface area contributed by atoms with Gasteiger partial charge in [0.2, 0.25) is 0 Å². The van der Waals surface area contributed by atoms with Gasteiger partial charge >= 0.3 is 12.6 Å². The van der Waals surface area contributed by atoms with Crippen LogP contribution in [0.25, 0.3) is 0 Å². The zero-order valence-corrected chi connectivity index (χ0v) is 9.19. The van der Waals surface area contributed by atoms with E-state index in [2.05, 4.69) is 4.74 Å². The Hall–Kier alpha value is -1.65. The predicted octanol–water partition coefficient (Wildman–Crippen LogP) is 2.78. The monoisotopic (exact) mass is 242 g/mol. The molecule has 1 aliphatic rings. The van der Waals surface area contributed by atoms with Crippen molar-refractivity contribution in [3.63, 3.8) is 0 Å². The smallest absolute Gasteiger partial charge is 0.387 e. The number of carbonyl (C=O) groups is 1. The zero-order chi connectivity index (χ0) is 12.6. The van der Waals surface area contributed by atoms with Gasteiger partial charge in [0.25, 0.3) is 0 Å². The Morgan fingerprint density at radius 3 is 2.76 bits per heavy atom. The van der Waals surface area contributed by atoms with Crippen LogP contribution in [0.5, 0.6) is 5.75 Å². The van der Waals surface area contributed by atoms with Crippen molar-refractivity contribution in [1.29, 1.82) is 0 Å². The molecule has 17 heavy (non-hydrogen) atoms. The van der Waals surface area contributed by atoms with Crippen LogP contribution in [0.2, 0.25) is 0 Å². The standard InChI is InChI=1S/C12H12F2O3/c1-6-2-3-7(4-10(6)17-12(13)14)8-5-9(8)11(15)16/h2-4,8-9,12H,5H2,1H3,(H,15,16). The van der Waals surface area contributed by atoms with Gasteiger partial charge in [-0.3, -0.25) is 4.79 Å². The molecule has 1 aromatic carbocycles. The first-order valence-electron chi connectivity index (χ1n) is 5.27. The Kier molecular flexibility index (Phi) is 3.00. The van der Waals surface area contributed by atoms with E-state index in [4.69, 9.17) is 5.11 Å². The summed E-state index contributed by atoms with van der Waals surface area (Å²) in [6, 6.07) is 4.95. The predicted molar refractivity (Wildman–Crippen MR) is 56.3 cm³/mol. The summed E-state index contributed by atoms with van der Waals surface area (Å²) in [6.45, 7) is -1.19. The van der Waals surface area contributed by atoms with Crippen molar-refractivity contribution in [1.82, 2.24) is 0 Å². The summed E-state index contributed by atoms with van der Waals surface area (Å²) in [5, 5.41) is 8.80. The fourth-order valence-electron chi connectivity index (χ4n) is 1.91. The Balaban J connectivity index is 2.17. The maximum Gasteiger partial charge on any atom is 0.387 e. The van der Waals surface area contributed by atoms with Gasteiger partial charge in [0.15, 0.2) is 0 Å². The minimum absolute atomic E-state index is 0.0758. The van der Waals surface area contributed by atoms with E-state index in [-0.39, 0.29) is 11.7 Å². The number of carboxylic acid groups (broad SMARTS) is 1. The van der Waals surface area contributed by atoms with Gasteiger partial charge in [-0.15, -0.1) is 0 Å². The molecule has 0 aliphatic heterocycles. The second-order valence-electron chi connectivity index (χ2n) is 4.19. The average Bonchev–Trinajstić information content (AvgIpc) is 3.00. The molecule has 1 aliphatic carbocycles. The molecule has 5 heteroatoms. The second-order valence-corrected chi connectivity index (χ2v) is 4.19. The number of aryl methyl sites for hydroxylation is 1. The van der Waals surface area contributed by atoms with Gasteiger partial charge in [-0.1, -0.05) is 12.1 Å². The van der Waals surface area contributed by atoms with Gasteiger partial charge in [0.1, 0.15) is 5.75 Å². The highest BCUT2D eigenvalue weighted by molar-refractivity contribution is 5.75. The SMILES string of the molecule is Cc1ccc(C2CC2C(=O)O)cc1OC(F)F. The van der Waals surface area contributed by atoms with Crippen molar-refractivity contribution in [3.05, 3.63) is 29.3 Å². The van der Waals surface area contributed by atoms with Crippen LogP contribution in [0, 0.1) is 12.8 Å². The van der Waals surface area contributed by atoms with Gasteiger partial charge in [-0.05, 0) is 36.5 Å². The maximum absolute atomic E-state index is 12.1. The molecule has 0 amide bonds. The molecule has 3 nitrogen and oxygen atoms in total. The van der Waals surface area contributed by atoms with Crippen molar-refractivity contribution in [2.24, 2.45) is 5.92 Å². The van der Waals surface area contributed by atoms with Gasteiger partial charge < -0.3 is 9.84 Å². The van der Waals surface area contributed by atoms with E-state index in [1.807, 2.05) is 0 Å². The Labute approximate surface area is 97.0 Å². The lowest BCUT2D eigenvalue weighted by atomic mass is 10.1. The lowest BCUT2D eigenvalue weighted by molar-refractivity contribution is -0.138. The first kappa shape index (κ1) is 11.8. The number of carboxylic acids is 1. The lowest BCUT2D eigenvalue weighted by Gasteiger charge is -2.09. The summed E-state index contributed by atoms with van der Waals surface area (Å²) in [6.07, 6.45) is 0.562. The first-order chi connectivity index (χ1) is 7.99. The quantitative estimate of drug-likeness (QED) is 0.883. The van der Waals surface area contributed by atoms with Gasteiger partial charge in [-0.25, -0.2) is 0 Å². The minimum atomic E-state index is -2.86. The molecular formula is C12H12F2O3. The van der Waals surface area contributed by atoms with Crippen molar-refractivity contribution in [3.8, 4) is 5.75 Å². The Morgan fingerprint density at radius 2 is 2.24 bits per heavy atom. The molecule has 1 N–H and O–H groups in total. The van der Waals surface area contributed by atoms with Crippen LogP contribution in [-0.4, -0.2) is 17.7 Å². The number of alkyl halides is 2. The molecule has 0 radical (unpaired) electrons. The number of hydrogen-bond acceptors (Lipinski definition) is 2. The summed E-state index contributed by atoms with van der Waals surface area (Å²) in [5.74, 6) is -1.19. The van der Waals surface area contributed by atoms with Crippen LogP contribution < -0.4 is 4.74 Å². The highest BCUT2D eigenvalue weighted by Gasteiger charge is 2.44. The first-order valence-corrected chi connectivity index (χ1v) is 5.27. The number of hydrogen-bond donors (Lipinski definition) is 1. The third-order valence-corrected chi connectivity index (χ3v) is 2.96. The normalized spacial score (nSPS) is 22.6. The van der Waals surface area contributed by atoms with E-state index in [0.717, 1.165) is 5.56 Å². The maximum atomic E-state index is 12.1. The molecule has 0 saturated heterocycles. The lowest BCUT2D eigenvalue weighted by Crippen LogP contribution is -2.04. The van der Waals surface area contributed by atoms with Crippen molar-refractivity contribution in [2.45, 2.75) is 25.9 Å². The minimum Gasteiger partial charge on any atom is -0.481 e. The van der Waals surface area contributed by atoms with Crippen LogP contribution in [-0.2, 0) is 4.79 Å². The molecule has 2 rings (SSSR count). The summed E-state index contributed by atoms with van der Waals surface area (Å²) >= 11 is 0. The average molecular weight is 242 g/mol. The van der Waals surface area contributed by atoms with Crippen LogP contribution in [0.1, 0.15) is 23.5 Å². The van der Waals surface area contributed by atoms with Crippen molar-refractivity contribution < 1.29 is 23.4 Å². The fraction of sp³-hybridized carbons (Fsp3) is 0.417. The van der Waals surface area contributed by atoms with Crippen LogP contribution >= 0.6 is 0 Å². The zero-order valence-electron chi connectivity index (χ0n) is 9.19. The largest absolute Gasteiger partial charge is 0.481 e. The summed E-state index contributed by atoms with van der Waals surface area (Å²) < 4.78 is 28.7. The summed E-state index contributed by atoms with van der Waals surface area (Å²) in [4.78, 5) is 10.7. The van der Waals surface area contributed by atoms with Gasteiger partial charge in [0, 0.05) is 0 Å². The number of benzene rings is 1. The third-order valence-electron chi connectivity index (χ3n) is 2.96. The molecule has 0 heterocycles. The molecular weight excluding hydrogens is 230 g/mol. The molecule has 1 saturated carbocycles. The Bertz CT molecular complexity index is 445. The summed E-state index contributed by atoms with van der Waals surface area (Å²) in [5.41, 5.74) is 1.36.